The number of fused-ring (bicyclic) bond motifs is 1. The lowest BCUT2D eigenvalue weighted by Gasteiger charge is -2.27. The summed E-state index contributed by atoms with van der Waals surface area (Å²) in [6.45, 7) is 4.11. The van der Waals surface area contributed by atoms with Crippen molar-refractivity contribution < 1.29 is 9.90 Å². The summed E-state index contributed by atoms with van der Waals surface area (Å²) in [5, 5.41) is 17.6. The van der Waals surface area contributed by atoms with Crippen LogP contribution in [0.2, 0.25) is 0 Å². The zero-order chi connectivity index (χ0) is 19.3. The number of amides is 1. The highest BCUT2D eigenvalue weighted by Gasteiger charge is 2.24. The van der Waals surface area contributed by atoms with Crippen LogP contribution in [0.4, 0.5) is 0 Å². The lowest BCUT2D eigenvalue weighted by atomic mass is 9.86. The first-order valence-electron chi connectivity index (χ1n) is 10.5. The van der Waals surface area contributed by atoms with Gasteiger partial charge in [-0.2, -0.15) is 5.10 Å². The first-order chi connectivity index (χ1) is 13.7. The minimum Gasteiger partial charge on any atom is -0.393 e. The largest absolute Gasteiger partial charge is 0.393 e. The Morgan fingerprint density at radius 1 is 1.14 bits per heavy atom. The highest BCUT2D eigenvalue weighted by Crippen LogP contribution is 2.23. The van der Waals surface area contributed by atoms with Crippen molar-refractivity contribution in [3.8, 4) is 0 Å². The molecular weight excluding hydrogens is 352 g/mol. The molecule has 2 atom stereocenters. The number of hydrogen-bond donors (Lipinski definition) is 2. The van der Waals surface area contributed by atoms with Crippen molar-refractivity contribution in [1.82, 2.24) is 20.0 Å². The van der Waals surface area contributed by atoms with Crippen molar-refractivity contribution in [3.63, 3.8) is 0 Å². The van der Waals surface area contributed by atoms with Gasteiger partial charge in [0.15, 0.2) is 0 Å². The predicted octanol–water partition coefficient (Wildman–Crippen LogP) is 2.57. The molecule has 1 aliphatic heterocycles. The van der Waals surface area contributed by atoms with Crippen molar-refractivity contribution in [3.05, 3.63) is 53.3 Å². The van der Waals surface area contributed by atoms with E-state index in [0.717, 1.165) is 64.0 Å². The molecule has 2 aliphatic rings. The molecule has 28 heavy (non-hydrogen) atoms. The smallest absolute Gasteiger partial charge is 0.271 e. The van der Waals surface area contributed by atoms with Crippen molar-refractivity contribution in [2.75, 3.05) is 13.1 Å². The molecule has 0 radical (unpaired) electrons. The van der Waals surface area contributed by atoms with Crippen LogP contribution in [0.5, 0.6) is 0 Å². The molecule has 1 aliphatic carbocycles. The van der Waals surface area contributed by atoms with Gasteiger partial charge in [-0.25, -0.2) is 0 Å². The molecule has 2 heterocycles. The van der Waals surface area contributed by atoms with Gasteiger partial charge in [-0.05, 0) is 30.9 Å². The lowest BCUT2D eigenvalue weighted by molar-refractivity contribution is 0.0661. The van der Waals surface area contributed by atoms with Gasteiger partial charge in [0.25, 0.3) is 5.91 Å². The Morgan fingerprint density at radius 3 is 2.79 bits per heavy atom. The van der Waals surface area contributed by atoms with Crippen LogP contribution in [-0.4, -0.2) is 44.9 Å². The summed E-state index contributed by atoms with van der Waals surface area (Å²) >= 11 is 0. The van der Waals surface area contributed by atoms with Gasteiger partial charge in [-0.3, -0.25) is 14.4 Å². The second-order valence-corrected chi connectivity index (χ2v) is 8.12. The van der Waals surface area contributed by atoms with Gasteiger partial charge < -0.3 is 10.4 Å². The molecule has 0 unspecified atom stereocenters. The van der Waals surface area contributed by atoms with E-state index in [1.807, 2.05) is 16.8 Å². The Kier molecular flexibility index (Phi) is 6.07. The molecule has 6 nitrogen and oxygen atoms in total. The third-order valence-electron chi connectivity index (χ3n) is 5.97. The maximum atomic E-state index is 12.6. The van der Waals surface area contributed by atoms with Crippen LogP contribution in [0.3, 0.4) is 0 Å². The molecular formula is C22H30N4O2. The maximum Gasteiger partial charge on any atom is 0.271 e. The van der Waals surface area contributed by atoms with Crippen molar-refractivity contribution in [1.29, 1.82) is 0 Å². The number of aromatic nitrogens is 2. The molecule has 6 heteroatoms. The fourth-order valence-electron chi connectivity index (χ4n) is 4.36. The van der Waals surface area contributed by atoms with Crippen LogP contribution >= 0.6 is 0 Å². The third kappa shape index (κ3) is 4.62. The molecule has 0 spiro atoms. The first-order valence-corrected chi connectivity index (χ1v) is 10.5. The molecule has 1 aromatic heterocycles. The number of benzene rings is 1. The maximum absolute atomic E-state index is 12.6. The monoisotopic (exact) mass is 382 g/mol. The number of carbonyl (C=O) groups is 1. The Labute approximate surface area is 166 Å². The molecule has 0 bridgehead atoms. The zero-order valence-corrected chi connectivity index (χ0v) is 16.4. The van der Waals surface area contributed by atoms with Crippen molar-refractivity contribution >= 4 is 5.91 Å². The number of nitrogens with zero attached hydrogens (tertiary/aromatic N) is 3. The number of aryl methyl sites for hydroxylation is 1. The van der Waals surface area contributed by atoms with E-state index >= 15 is 0 Å². The van der Waals surface area contributed by atoms with Gasteiger partial charge in [0, 0.05) is 38.6 Å². The van der Waals surface area contributed by atoms with E-state index in [9.17, 15) is 9.90 Å². The number of hydrogen-bond acceptors (Lipinski definition) is 4. The molecule has 2 N–H and O–H groups in total. The van der Waals surface area contributed by atoms with Crippen LogP contribution < -0.4 is 5.32 Å². The van der Waals surface area contributed by atoms with E-state index in [0.29, 0.717) is 12.2 Å². The summed E-state index contributed by atoms with van der Waals surface area (Å²) in [6.07, 6.45) is 4.77. The summed E-state index contributed by atoms with van der Waals surface area (Å²) in [7, 11) is 0. The van der Waals surface area contributed by atoms with E-state index in [1.165, 1.54) is 5.56 Å². The molecule has 1 amide bonds. The van der Waals surface area contributed by atoms with Crippen LogP contribution in [-0.2, 0) is 19.6 Å². The van der Waals surface area contributed by atoms with Crippen molar-refractivity contribution in [2.45, 2.75) is 57.8 Å². The van der Waals surface area contributed by atoms with Crippen LogP contribution in [0.15, 0.2) is 36.4 Å². The molecule has 4 rings (SSSR count). The average molecular weight is 383 g/mol. The minimum absolute atomic E-state index is 0.132. The van der Waals surface area contributed by atoms with Gasteiger partial charge >= 0.3 is 0 Å². The number of rotatable bonds is 5. The van der Waals surface area contributed by atoms with Crippen LogP contribution in [0.25, 0.3) is 0 Å². The minimum atomic E-state index is -0.292. The molecule has 0 saturated heterocycles. The number of nitrogens with one attached hydrogen (secondary N) is 1. The predicted molar refractivity (Wildman–Crippen MR) is 108 cm³/mol. The molecule has 150 valence electrons. The zero-order valence-electron chi connectivity index (χ0n) is 16.4. The molecule has 1 aromatic carbocycles. The summed E-state index contributed by atoms with van der Waals surface area (Å²) in [5.41, 5.74) is 2.89. The number of carbonyl (C=O) groups excluding carboxylic acids is 1. The summed E-state index contributed by atoms with van der Waals surface area (Å²) in [4.78, 5) is 15.0. The highest BCUT2D eigenvalue weighted by atomic mass is 16.3. The molecule has 1 saturated carbocycles. The quantitative estimate of drug-likeness (QED) is 0.834. The first kappa shape index (κ1) is 19.2. The topological polar surface area (TPSA) is 70.4 Å². The summed E-state index contributed by atoms with van der Waals surface area (Å²) in [6, 6.07) is 12.4. The van der Waals surface area contributed by atoms with Gasteiger partial charge in [0.1, 0.15) is 5.69 Å². The fraction of sp³-hybridized carbons (Fsp3) is 0.545. The van der Waals surface area contributed by atoms with Gasteiger partial charge in [0.05, 0.1) is 11.8 Å². The standard InChI is InChI=1S/C22H30N4O2/c27-21-10-5-4-9-18(21)14-23-22(28)20-13-19-16-25(11-6-12-26(19)24-20)15-17-7-2-1-3-8-17/h1-3,7-8,13,18,21,27H,4-6,9-12,14-16H2,(H,23,28)/t18-,21-/m1/s1. The second kappa shape index (κ2) is 8.88. The molecule has 2 aromatic rings. The Balaban J connectivity index is 1.37. The van der Waals surface area contributed by atoms with Crippen LogP contribution in [0, 0.1) is 5.92 Å². The third-order valence-corrected chi connectivity index (χ3v) is 5.97. The summed E-state index contributed by atoms with van der Waals surface area (Å²) < 4.78 is 1.98. The van der Waals surface area contributed by atoms with Gasteiger partial charge in [-0.1, -0.05) is 43.2 Å². The van der Waals surface area contributed by atoms with E-state index < -0.39 is 0 Å². The molecule has 1 fully saturated rings. The summed E-state index contributed by atoms with van der Waals surface area (Å²) in [5.74, 6) is 0.0347. The van der Waals surface area contributed by atoms with Crippen molar-refractivity contribution in [2.24, 2.45) is 5.92 Å². The van der Waals surface area contributed by atoms with Gasteiger partial charge in [-0.15, -0.1) is 0 Å². The normalized spacial score (nSPS) is 23.0. The number of aliphatic hydroxyl groups is 1. The average Bonchev–Trinajstić information content (AvgIpc) is 3.01. The van der Waals surface area contributed by atoms with E-state index in [-0.39, 0.29) is 17.9 Å². The van der Waals surface area contributed by atoms with Gasteiger partial charge in [0.2, 0.25) is 0 Å². The fourth-order valence-corrected chi connectivity index (χ4v) is 4.36. The van der Waals surface area contributed by atoms with Crippen LogP contribution in [0.1, 0.15) is 53.8 Å². The Bertz CT molecular complexity index is 789. The second-order valence-electron chi connectivity index (χ2n) is 8.12. The number of aliphatic hydroxyl groups excluding tert-OH is 1. The van der Waals surface area contributed by atoms with E-state index in [1.54, 1.807) is 0 Å². The van der Waals surface area contributed by atoms with E-state index in [2.05, 4.69) is 39.6 Å². The Hall–Kier alpha value is -2.18. The SMILES string of the molecule is O=C(NC[C@H]1CCCC[C@H]1O)c1cc2n(n1)CCCN(Cc1ccccc1)C2. The Morgan fingerprint density at radius 2 is 1.96 bits per heavy atom. The highest BCUT2D eigenvalue weighted by molar-refractivity contribution is 5.92. The van der Waals surface area contributed by atoms with E-state index in [4.69, 9.17) is 0 Å². The lowest BCUT2D eigenvalue weighted by Crippen LogP contribution is -2.36.